The van der Waals surface area contributed by atoms with Crippen LogP contribution in [0.25, 0.3) is 11.0 Å². The van der Waals surface area contributed by atoms with E-state index >= 15 is 0 Å². The number of carbonyl (C=O) groups is 1. The minimum Gasteiger partial charge on any atom is -0.295 e. The largest absolute Gasteiger partial charge is 0.295 e. The molecule has 4 rings (SSSR count). The summed E-state index contributed by atoms with van der Waals surface area (Å²) in [7, 11) is 0. The minimum absolute atomic E-state index is 0.275. The van der Waals surface area contributed by atoms with Gasteiger partial charge in [-0.05, 0) is 25.0 Å². The van der Waals surface area contributed by atoms with Crippen molar-refractivity contribution in [3.63, 3.8) is 0 Å². The number of aromatic nitrogens is 4. The number of hydrogen-bond donors (Lipinski definition) is 1. The van der Waals surface area contributed by atoms with Gasteiger partial charge >= 0.3 is 0 Å². The molecule has 1 saturated carbocycles. The molecule has 7 heteroatoms. The lowest BCUT2D eigenvalue weighted by atomic mass is 10.3. The highest BCUT2D eigenvalue weighted by atomic mass is 32.1. The first-order valence-electron chi connectivity index (χ1n) is 6.66. The van der Waals surface area contributed by atoms with Crippen LogP contribution in [0.2, 0.25) is 0 Å². The Morgan fingerprint density at radius 1 is 1.19 bits per heavy atom. The molecule has 3 aromatic rings. The highest BCUT2D eigenvalue weighted by Crippen LogP contribution is 2.42. The predicted octanol–water partition coefficient (Wildman–Crippen LogP) is 2.61. The van der Waals surface area contributed by atoms with E-state index < -0.39 is 0 Å². The van der Waals surface area contributed by atoms with E-state index in [2.05, 4.69) is 25.5 Å². The number of benzene rings is 1. The van der Waals surface area contributed by atoms with E-state index in [1.165, 1.54) is 30.4 Å². The fourth-order valence-electron chi connectivity index (χ4n) is 2.01. The Morgan fingerprint density at radius 3 is 2.81 bits per heavy atom. The van der Waals surface area contributed by atoms with Gasteiger partial charge in [0.25, 0.3) is 5.91 Å². The molecule has 2 aromatic heterocycles. The first kappa shape index (κ1) is 12.3. The third-order valence-corrected chi connectivity index (χ3v) is 4.27. The lowest BCUT2D eigenvalue weighted by Gasteiger charge is -2.01. The van der Waals surface area contributed by atoms with Crippen molar-refractivity contribution in [2.75, 3.05) is 5.32 Å². The molecular weight excluding hydrogens is 286 g/mol. The summed E-state index contributed by atoms with van der Waals surface area (Å²) in [5.41, 5.74) is 1.74. The Kier molecular flexibility index (Phi) is 2.85. The molecule has 0 spiro atoms. The zero-order chi connectivity index (χ0) is 14.2. The molecule has 0 unspecified atom stereocenters. The van der Waals surface area contributed by atoms with E-state index in [1.54, 1.807) is 0 Å². The van der Waals surface area contributed by atoms with Gasteiger partial charge in [0.1, 0.15) is 10.7 Å². The van der Waals surface area contributed by atoms with Gasteiger partial charge < -0.3 is 0 Å². The highest BCUT2D eigenvalue weighted by Gasteiger charge is 2.27. The van der Waals surface area contributed by atoms with Crippen molar-refractivity contribution >= 4 is 33.4 Å². The average Bonchev–Trinajstić information content (AvgIpc) is 3.27. The fourth-order valence-corrected chi connectivity index (χ4v) is 2.92. The molecule has 0 atom stereocenters. The van der Waals surface area contributed by atoms with Gasteiger partial charge in [0, 0.05) is 5.92 Å². The smallest absolute Gasteiger partial charge is 0.277 e. The van der Waals surface area contributed by atoms with E-state index in [9.17, 15) is 4.79 Å². The molecule has 1 amide bonds. The molecule has 1 fully saturated rings. The van der Waals surface area contributed by atoms with Gasteiger partial charge in [-0.25, -0.2) is 4.98 Å². The van der Waals surface area contributed by atoms with Crippen molar-refractivity contribution in [2.45, 2.75) is 18.8 Å². The van der Waals surface area contributed by atoms with E-state index in [1.807, 2.05) is 24.3 Å². The SMILES string of the molecule is O=C(Nc1nnc(C2CC2)s1)c1cnc2ccccc2n1. The van der Waals surface area contributed by atoms with E-state index in [0.717, 1.165) is 10.5 Å². The zero-order valence-corrected chi connectivity index (χ0v) is 11.8. The monoisotopic (exact) mass is 297 g/mol. The molecule has 6 nitrogen and oxygen atoms in total. The van der Waals surface area contributed by atoms with Gasteiger partial charge in [-0.2, -0.15) is 0 Å². The standard InChI is InChI=1S/C14H11N5OS/c20-12(17-14-19-18-13(21-14)8-5-6-8)11-7-15-9-3-1-2-4-10(9)16-11/h1-4,7-8H,5-6H2,(H,17,19,20). The van der Waals surface area contributed by atoms with E-state index in [0.29, 0.717) is 16.6 Å². The topological polar surface area (TPSA) is 80.7 Å². The van der Waals surface area contributed by atoms with E-state index in [4.69, 9.17) is 0 Å². The van der Waals surface area contributed by atoms with Crippen molar-refractivity contribution in [2.24, 2.45) is 0 Å². The normalized spacial score (nSPS) is 14.3. The summed E-state index contributed by atoms with van der Waals surface area (Å²) in [5, 5.41) is 12.3. The van der Waals surface area contributed by atoms with Crippen molar-refractivity contribution in [1.29, 1.82) is 0 Å². The summed E-state index contributed by atoms with van der Waals surface area (Å²) >= 11 is 1.43. The van der Waals surface area contributed by atoms with Crippen LogP contribution in [0.1, 0.15) is 34.3 Å². The zero-order valence-electron chi connectivity index (χ0n) is 11.0. The first-order valence-corrected chi connectivity index (χ1v) is 7.48. The van der Waals surface area contributed by atoms with Gasteiger partial charge in [0.2, 0.25) is 5.13 Å². The second-order valence-corrected chi connectivity index (χ2v) is 5.93. The third kappa shape index (κ3) is 2.47. The van der Waals surface area contributed by atoms with Gasteiger partial charge in [-0.1, -0.05) is 23.5 Å². The number of anilines is 1. The number of nitrogens with zero attached hydrogens (tertiary/aromatic N) is 4. The Morgan fingerprint density at radius 2 is 2.00 bits per heavy atom. The van der Waals surface area contributed by atoms with Crippen molar-refractivity contribution in [3.05, 3.63) is 41.2 Å². The van der Waals surface area contributed by atoms with Crippen LogP contribution in [0, 0.1) is 0 Å². The van der Waals surface area contributed by atoms with Crippen LogP contribution in [0.4, 0.5) is 5.13 Å². The Hall–Kier alpha value is -2.41. The maximum Gasteiger partial charge on any atom is 0.277 e. The quantitative estimate of drug-likeness (QED) is 0.803. The van der Waals surface area contributed by atoms with Crippen LogP contribution in [0.3, 0.4) is 0 Å². The van der Waals surface area contributed by atoms with Gasteiger partial charge in [0.15, 0.2) is 0 Å². The van der Waals surface area contributed by atoms with Crippen LogP contribution in [-0.2, 0) is 0 Å². The summed E-state index contributed by atoms with van der Waals surface area (Å²) in [4.78, 5) is 20.7. The number of rotatable bonds is 3. The second-order valence-electron chi connectivity index (χ2n) is 4.92. The van der Waals surface area contributed by atoms with Crippen LogP contribution in [0.5, 0.6) is 0 Å². The predicted molar refractivity (Wildman–Crippen MR) is 79.4 cm³/mol. The number of amides is 1. The van der Waals surface area contributed by atoms with Crippen LogP contribution < -0.4 is 5.32 Å². The molecule has 1 aromatic carbocycles. The molecule has 104 valence electrons. The molecule has 1 aliphatic rings. The molecule has 1 aliphatic carbocycles. The third-order valence-electron chi connectivity index (χ3n) is 3.27. The number of fused-ring (bicyclic) bond motifs is 1. The number of carbonyl (C=O) groups excluding carboxylic acids is 1. The van der Waals surface area contributed by atoms with Crippen molar-refractivity contribution in [3.8, 4) is 0 Å². The maximum atomic E-state index is 12.2. The number of nitrogens with one attached hydrogen (secondary N) is 1. The minimum atomic E-state index is -0.313. The van der Waals surface area contributed by atoms with Gasteiger partial charge in [-0.3, -0.25) is 15.1 Å². The molecule has 21 heavy (non-hydrogen) atoms. The number of para-hydroxylation sites is 2. The summed E-state index contributed by atoms with van der Waals surface area (Å²) in [5.74, 6) is 0.223. The van der Waals surface area contributed by atoms with Gasteiger partial charge in [-0.15, -0.1) is 10.2 Å². The summed E-state index contributed by atoms with van der Waals surface area (Å²) in [6.45, 7) is 0. The van der Waals surface area contributed by atoms with Crippen molar-refractivity contribution < 1.29 is 4.79 Å². The molecular formula is C14H11N5OS. The second kappa shape index (κ2) is 4.85. The van der Waals surface area contributed by atoms with E-state index in [-0.39, 0.29) is 11.6 Å². The Balaban J connectivity index is 1.57. The summed E-state index contributed by atoms with van der Waals surface area (Å²) < 4.78 is 0. The first-order chi connectivity index (χ1) is 10.3. The Bertz CT molecular complexity index is 827. The summed E-state index contributed by atoms with van der Waals surface area (Å²) in [6, 6.07) is 7.44. The highest BCUT2D eigenvalue weighted by molar-refractivity contribution is 7.15. The number of hydrogen-bond acceptors (Lipinski definition) is 6. The van der Waals surface area contributed by atoms with Gasteiger partial charge in [0.05, 0.1) is 17.2 Å². The molecule has 0 bridgehead atoms. The molecule has 2 heterocycles. The van der Waals surface area contributed by atoms with Crippen LogP contribution in [0.15, 0.2) is 30.5 Å². The van der Waals surface area contributed by atoms with Crippen LogP contribution >= 0.6 is 11.3 Å². The lowest BCUT2D eigenvalue weighted by molar-refractivity contribution is 0.102. The average molecular weight is 297 g/mol. The summed E-state index contributed by atoms with van der Waals surface area (Å²) in [6.07, 6.45) is 3.80. The molecule has 0 saturated heterocycles. The molecule has 1 N–H and O–H groups in total. The van der Waals surface area contributed by atoms with Crippen molar-refractivity contribution in [1.82, 2.24) is 20.2 Å². The molecule has 0 radical (unpaired) electrons. The van der Waals surface area contributed by atoms with Crippen LogP contribution in [-0.4, -0.2) is 26.1 Å². The fraction of sp³-hybridized carbons (Fsp3) is 0.214. The maximum absolute atomic E-state index is 12.2. The molecule has 0 aliphatic heterocycles. The lowest BCUT2D eigenvalue weighted by Crippen LogP contribution is -2.14. The Labute approximate surface area is 124 Å².